The molecule has 0 aromatic heterocycles. The second kappa shape index (κ2) is 11.8. The van der Waals surface area contributed by atoms with Gasteiger partial charge in [-0.25, -0.2) is 0 Å². The summed E-state index contributed by atoms with van der Waals surface area (Å²) in [6.07, 6.45) is 1.71. The number of aliphatic hydroxyl groups excluding tert-OH is 1. The topological polar surface area (TPSA) is 139 Å². The van der Waals surface area contributed by atoms with Crippen molar-refractivity contribution in [2.75, 3.05) is 20.3 Å². The van der Waals surface area contributed by atoms with Crippen molar-refractivity contribution in [1.82, 2.24) is 16.0 Å². The quantitative estimate of drug-likeness (QED) is 0.123. The average Bonchev–Trinajstić information content (AvgIpc) is 2.69. The Balaban J connectivity index is 2.63. The van der Waals surface area contributed by atoms with E-state index in [1.165, 1.54) is 7.11 Å². The van der Waals surface area contributed by atoms with Crippen molar-refractivity contribution in [2.24, 2.45) is 0 Å². The molecule has 1 aromatic rings. The van der Waals surface area contributed by atoms with E-state index in [-0.39, 0.29) is 18.5 Å². The molecule has 1 amide bonds. The molecular formula is C19H29N5O4. The highest BCUT2D eigenvalue weighted by Crippen LogP contribution is 2.13. The van der Waals surface area contributed by atoms with Crippen molar-refractivity contribution in [3.63, 3.8) is 0 Å². The monoisotopic (exact) mass is 391 g/mol. The van der Waals surface area contributed by atoms with Gasteiger partial charge in [-0.05, 0) is 38.8 Å². The third-order valence-corrected chi connectivity index (χ3v) is 4.18. The zero-order chi connectivity index (χ0) is 21.0. The Morgan fingerprint density at radius 2 is 2.04 bits per heavy atom. The van der Waals surface area contributed by atoms with Crippen LogP contribution in [-0.4, -0.2) is 55.0 Å². The minimum absolute atomic E-state index is 0.0155. The Morgan fingerprint density at radius 1 is 1.36 bits per heavy atom. The molecule has 1 rings (SSSR count). The molecule has 0 aliphatic carbocycles. The van der Waals surface area contributed by atoms with Crippen molar-refractivity contribution in [3.8, 4) is 11.9 Å². The van der Waals surface area contributed by atoms with E-state index < -0.39 is 17.7 Å². The van der Waals surface area contributed by atoms with Crippen molar-refractivity contribution in [1.29, 1.82) is 10.7 Å². The predicted molar refractivity (Wildman–Crippen MR) is 105 cm³/mol. The Labute approximate surface area is 165 Å². The highest BCUT2D eigenvalue weighted by atomic mass is 16.5. The van der Waals surface area contributed by atoms with E-state index in [1.54, 1.807) is 32.2 Å². The minimum atomic E-state index is -1.03. The van der Waals surface area contributed by atoms with Gasteiger partial charge in [0.15, 0.2) is 6.19 Å². The van der Waals surface area contributed by atoms with Crippen LogP contribution in [-0.2, 0) is 9.53 Å². The summed E-state index contributed by atoms with van der Waals surface area (Å²) in [5, 5.41) is 34.2. The Kier molecular flexibility index (Phi) is 9.78. The van der Waals surface area contributed by atoms with E-state index in [1.807, 2.05) is 18.2 Å². The number of carbonyl (C=O) groups excluding carboxylic acids is 1. The fourth-order valence-corrected chi connectivity index (χ4v) is 2.25. The summed E-state index contributed by atoms with van der Waals surface area (Å²) in [6.45, 7) is 3.70. The summed E-state index contributed by atoms with van der Waals surface area (Å²) < 4.78 is 10.8. The lowest BCUT2D eigenvalue weighted by molar-refractivity contribution is -0.141. The third-order valence-electron chi connectivity index (χ3n) is 4.18. The molecule has 0 spiro atoms. The molecule has 2 atom stereocenters. The number of ether oxygens (including phenoxy) is 2. The number of para-hydroxylation sites is 1. The highest BCUT2D eigenvalue weighted by Gasteiger charge is 2.31. The second-order valence-electron chi connectivity index (χ2n) is 6.67. The zero-order valence-electron chi connectivity index (χ0n) is 16.5. The Bertz CT molecular complexity index is 660. The van der Waals surface area contributed by atoms with Crippen LogP contribution in [0.3, 0.4) is 0 Å². The van der Waals surface area contributed by atoms with Crippen molar-refractivity contribution < 1.29 is 19.4 Å². The number of carbonyl (C=O) groups is 1. The number of hydrogen-bond donors (Lipinski definition) is 5. The molecular weight excluding hydrogens is 362 g/mol. The normalized spacial score (nSPS) is 13.0. The maximum Gasteiger partial charge on any atom is 0.251 e. The van der Waals surface area contributed by atoms with E-state index in [0.29, 0.717) is 25.1 Å². The Hall–Kier alpha value is -2.83. The van der Waals surface area contributed by atoms with Crippen LogP contribution >= 0.6 is 0 Å². The number of nitrogens with zero attached hydrogens (tertiary/aromatic N) is 1. The highest BCUT2D eigenvalue weighted by molar-refractivity contribution is 5.84. The van der Waals surface area contributed by atoms with Crippen molar-refractivity contribution in [2.45, 2.75) is 44.4 Å². The predicted octanol–water partition coefficient (Wildman–Crippen LogP) is 0.711. The number of rotatable bonds is 11. The summed E-state index contributed by atoms with van der Waals surface area (Å²) in [5.41, 5.74) is -1.03. The van der Waals surface area contributed by atoms with Crippen LogP contribution < -0.4 is 20.7 Å². The first-order valence-corrected chi connectivity index (χ1v) is 8.99. The minimum Gasteiger partial charge on any atom is -0.491 e. The van der Waals surface area contributed by atoms with Gasteiger partial charge in [-0.2, -0.15) is 5.26 Å². The van der Waals surface area contributed by atoms with E-state index in [2.05, 4.69) is 16.0 Å². The molecule has 28 heavy (non-hydrogen) atoms. The van der Waals surface area contributed by atoms with E-state index >= 15 is 0 Å². The number of amides is 1. The summed E-state index contributed by atoms with van der Waals surface area (Å²) in [7, 11) is 1.45. The van der Waals surface area contributed by atoms with Gasteiger partial charge in [0, 0.05) is 13.7 Å². The SMILES string of the molecule is COC(C)(C)C(=O)NC(CCCNC(=N)NC#N)C(O)COc1ccccc1. The van der Waals surface area contributed by atoms with Crippen LogP contribution in [0.2, 0.25) is 0 Å². The number of methoxy groups -OCH3 is 1. The standard InChI is InChI=1S/C19H29N5O4/c1-19(2,27-3)17(26)24-15(10-7-11-22-18(21)23-13-20)16(25)12-28-14-8-5-4-6-9-14/h4-6,8-9,15-16,25H,7,10-12H2,1-3H3,(H,24,26)(H3,21,22,23). The molecule has 0 aliphatic heterocycles. The van der Waals surface area contributed by atoms with Gasteiger partial charge in [0.05, 0.1) is 6.04 Å². The van der Waals surface area contributed by atoms with Gasteiger partial charge >= 0.3 is 0 Å². The summed E-state index contributed by atoms with van der Waals surface area (Å²) in [5.74, 6) is 0.184. The van der Waals surface area contributed by atoms with Gasteiger partial charge in [0.2, 0.25) is 5.96 Å². The molecule has 0 fully saturated rings. The maximum absolute atomic E-state index is 12.4. The lowest BCUT2D eigenvalue weighted by Crippen LogP contribution is -2.53. The second-order valence-corrected chi connectivity index (χ2v) is 6.67. The van der Waals surface area contributed by atoms with E-state index in [0.717, 1.165) is 0 Å². The number of nitrogens with one attached hydrogen (secondary N) is 4. The average molecular weight is 391 g/mol. The van der Waals surface area contributed by atoms with Crippen LogP contribution in [0.15, 0.2) is 30.3 Å². The first-order valence-electron chi connectivity index (χ1n) is 8.99. The van der Waals surface area contributed by atoms with Crippen LogP contribution in [0.5, 0.6) is 5.75 Å². The smallest absolute Gasteiger partial charge is 0.251 e. The molecule has 5 N–H and O–H groups in total. The number of guanidine groups is 1. The number of hydrogen-bond acceptors (Lipinski definition) is 6. The molecule has 9 nitrogen and oxygen atoms in total. The van der Waals surface area contributed by atoms with Gasteiger partial charge in [-0.1, -0.05) is 18.2 Å². The largest absolute Gasteiger partial charge is 0.491 e. The van der Waals surface area contributed by atoms with Crippen molar-refractivity contribution >= 4 is 11.9 Å². The van der Waals surface area contributed by atoms with E-state index in [4.69, 9.17) is 20.1 Å². The molecule has 9 heteroatoms. The molecule has 0 bridgehead atoms. The van der Waals surface area contributed by atoms with Gasteiger partial charge < -0.3 is 25.2 Å². The lowest BCUT2D eigenvalue weighted by atomic mass is 10.0. The van der Waals surface area contributed by atoms with Gasteiger partial charge in [0.1, 0.15) is 24.1 Å². The summed E-state index contributed by atoms with van der Waals surface area (Å²) >= 11 is 0. The van der Waals surface area contributed by atoms with Crippen LogP contribution in [0.4, 0.5) is 0 Å². The van der Waals surface area contributed by atoms with Crippen LogP contribution in [0, 0.1) is 16.9 Å². The van der Waals surface area contributed by atoms with Gasteiger partial charge in [-0.15, -0.1) is 0 Å². The third kappa shape index (κ3) is 8.24. The number of aliphatic hydroxyl groups is 1. The van der Waals surface area contributed by atoms with Crippen molar-refractivity contribution in [3.05, 3.63) is 30.3 Å². The van der Waals surface area contributed by atoms with E-state index in [9.17, 15) is 9.90 Å². The maximum atomic E-state index is 12.4. The van der Waals surface area contributed by atoms with Crippen LogP contribution in [0.25, 0.3) is 0 Å². The fourth-order valence-electron chi connectivity index (χ4n) is 2.25. The fraction of sp³-hybridized carbons (Fsp3) is 0.526. The molecule has 0 heterocycles. The first kappa shape index (κ1) is 23.2. The molecule has 0 saturated carbocycles. The number of nitriles is 1. The van der Waals surface area contributed by atoms with Gasteiger partial charge in [-0.3, -0.25) is 15.5 Å². The van der Waals surface area contributed by atoms with Crippen LogP contribution in [0.1, 0.15) is 26.7 Å². The molecule has 0 saturated heterocycles. The molecule has 1 aromatic carbocycles. The molecule has 154 valence electrons. The zero-order valence-corrected chi connectivity index (χ0v) is 16.5. The molecule has 0 aliphatic rings. The Morgan fingerprint density at radius 3 is 2.64 bits per heavy atom. The molecule has 0 radical (unpaired) electrons. The summed E-state index contributed by atoms with van der Waals surface area (Å²) in [6, 6.07) is 8.53. The van der Waals surface area contributed by atoms with Gasteiger partial charge in [0.25, 0.3) is 5.91 Å². The summed E-state index contributed by atoms with van der Waals surface area (Å²) in [4.78, 5) is 12.4. The lowest BCUT2D eigenvalue weighted by Gasteiger charge is -2.29. The number of benzene rings is 1. The first-order chi connectivity index (χ1) is 13.3. The molecule has 2 unspecified atom stereocenters.